The van der Waals surface area contributed by atoms with Crippen LogP contribution in [-0.4, -0.2) is 23.8 Å². The van der Waals surface area contributed by atoms with E-state index in [1.54, 1.807) is 24.4 Å². The van der Waals surface area contributed by atoms with Gasteiger partial charge in [-0.15, -0.1) is 11.3 Å². The van der Waals surface area contributed by atoms with Crippen molar-refractivity contribution in [1.82, 2.24) is 10.7 Å². The lowest BCUT2D eigenvalue weighted by molar-refractivity contribution is 0.0740. The van der Waals surface area contributed by atoms with Crippen LogP contribution in [0.4, 0.5) is 0 Å². The van der Waals surface area contributed by atoms with E-state index in [-0.39, 0.29) is 0 Å². The molecule has 1 heterocycles. The zero-order chi connectivity index (χ0) is 19.2. The topological polar surface area (TPSA) is 62.7 Å². The van der Waals surface area contributed by atoms with Gasteiger partial charge < -0.3 is 10.1 Å². The van der Waals surface area contributed by atoms with Crippen molar-refractivity contribution in [2.75, 3.05) is 6.54 Å². The molecule has 0 unspecified atom stereocenters. The van der Waals surface area contributed by atoms with E-state index >= 15 is 0 Å². The molecule has 0 saturated heterocycles. The van der Waals surface area contributed by atoms with Crippen LogP contribution in [-0.2, 0) is 0 Å². The molecule has 1 aromatic heterocycles. The van der Waals surface area contributed by atoms with Gasteiger partial charge >= 0.3 is 5.97 Å². The molecule has 27 heavy (non-hydrogen) atoms. The number of hydrogen-bond donors (Lipinski definition) is 2. The number of thiophene rings is 1. The maximum absolute atomic E-state index is 12.5. The van der Waals surface area contributed by atoms with Gasteiger partial charge in [0.15, 0.2) is 5.11 Å². The number of thiocarbonyl (C=S) groups is 1. The monoisotopic (exact) mass is 417 g/mol. The van der Waals surface area contributed by atoms with Crippen LogP contribution in [0, 0.1) is 0 Å². The highest BCUT2D eigenvalue weighted by molar-refractivity contribution is 7.80. The number of rotatable bonds is 5. The summed E-state index contributed by atoms with van der Waals surface area (Å²) in [5, 5.41) is 8.68. The second kappa shape index (κ2) is 8.94. The number of nitrogens with zero attached hydrogens (tertiary/aromatic N) is 1. The molecule has 2 aromatic carbocycles. The van der Waals surface area contributed by atoms with E-state index < -0.39 is 5.97 Å². The van der Waals surface area contributed by atoms with Crippen LogP contribution in [0.2, 0.25) is 5.02 Å². The Labute approximate surface area is 171 Å². The lowest BCUT2D eigenvalue weighted by Crippen LogP contribution is -2.31. The smallest absolute Gasteiger partial charge is 0.355 e. The lowest BCUT2D eigenvalue weighted by Gasteiger charge is -2.05. The summed E-state index contributed by atoms with van der Waals surface area (Å²) >= 11 is 12.7. The summed E-state index contributed by atoms with van der Waals surface area (Å²) in [6.07, 6.45) is 1.59. The zero-order valence-electron chi connectivity index (χ0n) is 14.4. The quantitative estimate of drug-likeness (QED) is 0.209. The minimum atomic E-state index is -0.485. The van der Waals surface area contributed by atoms with Crippen LogP contribution in [0.1, 0.15) is 22.2 Å². The lowest BCUT2D eigenvalue weighted by atomic mass is 10.2. The second-order valence-electron chi connectivity index (χ2n) is 5.43. The summed E-state index contributed by atoms with van der Waals surface area (Å²) < 4.78 is 6.43. The Hall–Kier alpha value is -2.48. The number of hydrogen-bond acceptors (Lipinski definition) is 5. The fourth-order valence-corrected chi connectivity index (χ4v) is 3.90. The Balaban J connectivity index is 1.71. The van der Waals surface area contributed by atoms with Crippen molar-refractivity contribution >= 4 is 62.5 Å². The van der Waals surface area contributed by atoms with Gasteiger partial charge in [-0.3, -0.25) is 5.43 Å². The van der Waals surface area contributed by atoms with Crippen LogP contribution in [0.5, 0.6) is 5.75 Å². The van der Waals surface area contributed by atoms with E-state index in [1.165, 1.54) is 11.3 Å². The maximum Gasteiger partial charge on any atom is 0.355 e. The number of halogens is 1. The summed E-state index contributed by atoms with van der Waals surface area (Å²) in [6, 6.07) is 14.6. The second-order valence-corrected chi connectivity index (χ2v) is 7.27. The molecule has 2 N–H and O–H groups in total. The summed E-state index contributed by atoms with van der Waals surface area (Å²) in [5.41, 5.74) is 3.47. The van der Waals surface area contributed by atoms with Crippen molar-refractivity contribution in [1.29, 1.82) is 0 Å². The van der Waals surface area contributed by atoms with Gasteiger partial charge in [-0.05, 0) is 42.9 Å². The van der Waals surface area contributed by atoms with Gasteiger partial charge in [0.2, 0.25) is 0 Å². The first-order chi connectivity index (χ1) is 13.1. The Bertz CT molecular complexity index is 1020. The summed E-state index contributed by atoms with van der Waals surface area (Å²) in [6.45, 7) is 2.66. The normalized spacial score (nSPS) is 10.9. The van der Waals surface area contributed by atoms with E-state index in [0.717, 1.165) is 15.6 Å². The van der Waals surface area contributed by atoms with Crippen molar-refractivity contribution in [3.05, 3.63) is 64.0 Å². The fourth-order valence-electron chi connectivity index (χ4n) is 2.32. The minimum absolute atomic E-state index is 0.384. The van der Waals surface area contributed by atoms with Crippen molar-refractivity contribution in [3.63, 3.8) is 0 Å². The molecule has 8 heteroatoms. The maximum atomic E-state index is 12.5. The Kier molecular flexibility index (Phi) is 6.39. The Morgan fingerprint density at radius 2 is 2.11 bits per heavy atom. The van der Waals surface area contributed by atoms with Gasteiger partial charge in [0, 0.05) is 16.6 Å². The molecule has 3 aromatic rings. The van der Waals surface area contributed by atoms with Crippen molar-refractivity contribution < 1.29 is 9.53 Å². The molecule has 0 bridgehead atoms. The molecule has 0 aliphatic carbocycles. The molecule has 0 radical (unpaired) electrons. The van der Waals surface area contributed by atoms with Gasteiger partial charge in [0.25, 0.3) is 0 Å². The van der Waals surface area contributed by atoms with Crippen LogP contribution in [0.3, 0.4) is 0 Å². The largest absolute Gasteiger partial charge is 0.422 e. The predicted molar refractivity (Wildman–Crippen MR) is 115 cm³/mol. The molecule has 0 saturated carbocycles. The number of carbonyl (C=O) groups is 1. The molecule has 0 atom stereocenters. The van der Waals surface area contributed by atoms with Crippen molar-refractivity contribution in [3.8, 4) is 5.75 Å². The number of hydrazone groups is 1. The van der Waals surface area contributed by atoms with Crippen LogP contribution >= 0.6 is 35.2 Å². The number of fused-ring (bicyclic) bond motifs is 1. The van der Waals surface area contributed by atoms with E-state index in [9.17, 15) is 4.79 Å². The van der Waals surface area contributed by atoms with Gasteiger partial charge in [-0.25, -0.2) is 4.79 Å². The highest BCUT2D eigenvalue weighted by Crippen LogP contribution is 2.35. The van der Waals surface area contributed by atoms with Gasteiger partial charge in [-0.2, -0.15) is 5.10 Å². The highest BCUT2D eigenvalue weighted by atomic mass is 35.5. The molecule has 3 rings (SSSR count). The summed E-state index contributed by atoms with van der Waals surface area (Å²) in [4.78, 5) is 12.9. The summed E-state index contributed by atoms with van der Waals surface area (Å²) in [5.74, 6) is -0.0755. The minimum Gasteiger partial charge on any atom is -0.422 e. The van der Waals surface area contributed by atoms with Gasteiger partial charge in [-0.1, -0.05) is 41.9 Å². The van der Waals surface area contributed by atoms with Crippen molar-refractivity contribution in [2.24, 2.45) is 5.10 Å². The van der Waals surface area contributed by atoms with E-state index in [4.69, 9.17) is 28.6 Å². The molecule has 138 valence electrons. The first-order valence-corrected chi connectivity index (χ1v) is 9.75. The molecule has 0 aliphatic heterocycles. The fraction of sp³-hybridized carbons (Fsp3) is 0.105. The third-order valence-corrected chi connectivity index (χ3v) is 5.40. The number of ether oxygens (including phenoxy) is 1. The van der Waals surface area contributed by atoms with Crippen LogP contribution in [0.25, 0.3) is 10.1 Å². The van der Waals surface area contributed by atoms with Crippen LogP contribution < -0.4 is 15.5 Å². The van der Waals surface area contributed by atoms with E-state index in [2.05, 4.69) is 15.8 Å². The standard InChI is InChI=1S/C19H16ClN3O2S2/c1-2-21-19(26)23-22-11-12-6-5-7-13(10-12)25-18(24)17-16(20)14-8-3-4-9-15(14)27-17/h3-11H,2H2,1H3,(H2,21,23,26). The third kappa shape index (κ3) is 4.82. The SMILES string of the molecule is CCNC(=S)NN=Cc1cccc(OC(=O)c2sc3ccccc3c2Cl)c1. The molecular formula is C19H16ClN3O2S2. The Morgan fingerprint density at radius 1 is 1.30 bits per heavy atom. The number of esters is 1. The first kappa shape index (κ1) is 19.3. The average Bonchev–Trinajstić information content (AvgIpc) is 3.00. The van der Waals surface area contributed by atoms with E-state index in [0.29, 0.717) is 27.3 Å². The van der Waals surface area contributed by atoms with E-state index in [1.807, 2.05) is 37.3 Å². The molecule has 0 spiro atoms. The third-order valence-electron chi connectivity index (χ3n) is 3.51. The van der Waals surface area contributed by atoms with Crippen LogP contribution in [0.15, 0.2) is 53.6 Å². The molecule has 0 fully saturated rings. The van der Waals surface area contributed by atoms with Gasteiger partial charge in [0.1, 0.15) is 10.6 Å². The molecule has 5 nitrogen and oxygen atoms in total. The molecule has 0 amide bonds. The number of nitrogens with one attached hydrogen (secondary N) is 2. The average molecular weight is 418 g/mol. The van der Waals surface area contributed by atoms with Crippen molar-refractivity contribution in [2.45, 2.75) is 6.92 Å². The summed E-state index contributed by atoms with van der Waals surface area (Å²) in [7, 11) is 0. The van der Waals surface area contributed by atoms with Gasteiger partial charge in [0.05, 0.1) is 11.2 Å². The number of benzene rings is 2. The molecular weight excluding hydrogens is 402 g/mol. The first-order valence-electron chi connectivity index (χ1n) is 8.14. The number of carbonyl (C=O) groups excluding carboxylic acids is 1. The Morgan fingerprint density at radius 3 is 2.89 bits per heavy atom. The molecule has 0 aliphatic rings. The highest BCUT2D eigenvalue weighted by Gasteiger charge is 2.18. The zero-order valence-corrected chi connectivity index (χ0v) is 16.8. The predicted octanol–water partition coefficient (Wildman–Crippen LogP) is 4.59.